The molecule has 0 aromatic heterocycles. The molecule has 6 nitrogen and oxygen atoms in total. The third-order valence-electron chi connectivity index (χ3n) is 6.23. The van der Waals surface area contributed by atoms with E-state index in [1.165, 1.54) is 15.9 Å². The predicted octanol–water partition coefficient (Wildman–Crippen LogP) is 2.74. The average Bonchev–Trinajstić information content (AvgIpc) is 2.74. The Hall–Kier alpha value is -2.22. The number of carbonyl (C=O) groups excluding carboxylic acids is 1. The lowest BCUT2D eigenvalue weighted by molar-refractivity contribution is 0.0932. The van der Waals surface area contributed by atoms with Crippen molar-refractivity contribution in [3.63, 3.8) is 0 Å². The molecule has 2 aromatic rings. The number of nitrogens with one attached hydrogen (secondary N) is 1. The highest BCUT2D eigenvalue weighted by Crippen LogP contribution is 2.30. The largest absolute Gasteiger partial charge is 0.345 e. The molecule has 7 heteroatoms. The van der Waals surface area contributed by atoms with E-state index in [1.54, 1.807) is 12.1 Å². The van der Waals surface area contributed by atoms with E-state index in [-0.39, 0.29) is 16.8 Å². The minimum absolute atomic E-state index is 0.0419. The quantitative estimate of drug-likeness (QED) is 0.815. The van der Waals surface area contributed by atoms with Crippen molar-refractivity contribution in [2.45, 2.75) is 37.1 Å². The van der Waals surface area contributed by atoms with E-state index < -0.39 is 10.0 Å². The van der Waals surface area contributed by atoms with Gasteiger partial charge in [-0.25, -0.2) is 8.42 Å². The van der Waals surface area contributed by atoms with Gasteiger partial charge in [-0.3, -0.25) is 4.79 Å². The Balaban J connectivity index is 1.57. The number of amides is 1. The highest BCUT2D eigenvalue weighted by Gasteiger charge is 2.29. The summed E-state index contributed by atoms with van der Waals surface area (Å²) >= 11 is 0. The Bertz CT molecular complexity index is 1040. The van der Waals surface area contributed by atoms with Crippen LogP contribution in [0.3, 0.4) is 0 Å². The maximum atomic E-state index is 13.1. The van der Waals surface area contributed by atoms with Gasteiger partial charge < -0.3 is 10.2 Å². The molecule has 0 unspecified atom stereocenters. The first-order chi connectivity index (χ1) is 14.4. The number of likely N-dealkylation sites (N-methyl/N-ethyl adjacent to an activating group) is 1. The van der Waals surface area contributed by atoms with Gasteiger partial charge in [-0.15, -0.1) is 0 Å². The van der Waals surface area contributed by atoms with Crippen molar-refractivity contribution in [3.05, 3.63) is 64.7 Å². The molecule has 1 aliphatic carbocycles. The minimum atomic E-state index is -3.61. The van der Waals surface area contributed by atoms with Gasteiger partial charge >= 0.3 is 0 Å². The van der Waals surface area contributed by atoms with Crippen molar-refractivity contribution in [2.24, 2.45) is 0 Å². The number of benzene rings is 2. The van der Waals surface area contributed by atoms with Crippen molar-refractivity contribution in [2.75, 3.05) is 33.2 Å². The van der Waals surface area contributed by atoms with E-state index in [0.717, 1.165) is 30.4 Å². The van der Waals surface area contributed by atoms with Crippen LogP contribution in [-0.4, -0.2) is 56.8 Å². The van der Waals surface area contributed by atoms with E-state index in [2.05, 4.69) is 22.3 Å². The summed E-state index contributed by atoms with van der Waals surface area (Å²) in [6.07, 6.45) is 2.94. The molecule has 1 amide bonds. The van der Waals surface area contributed by atoms with Gasteiger partial charge in [0, 0.05) is 31.7 Å². The van der Waals surface area contributed by atoms with Gasteiger partial charge in [0.05, 0.1) is 10.9 Å². The fraction of sp³-hybridized carbons (Fsp3) is 0.435. The number of hydrogen-bond donors (Lipinski definition) is 1. The minimum Gasteiger partial charge on any atom is -0.345 e. The fourth-order valence-electron chi connectivity index (χ4n) is 4.32. The Labute approximate surface area is 178 Å². The van der Waals surface area contributed by atoms with Gasteiger partial charge in [0.1, 0.15) is 0 Å². The molecule has 0 radical (unpaired) electrons. The summed E-state index contributed by atoms with van der Waals surface area (Å²) in [4.78, 5) is 15.4. The molecular weight excluding hydrogens is 398 g/mol. The summed E-state index contributed by atoms with van der Waals surface area (Å²) in [5.74, 6) is -0.218. The van der Waals surface area contributed by atoms with Crippen molar-refractivity contribution >= 4 is 15.9 Å². The molecular formula is C23H29N3O3S. The van der Waals surface area contributed by atoms with Crippen molar-refractivity contribution in [3.8, 4) is 0 Å². The molecule has 1 saturated heterocycles. The fourth-order valence-corrected chi connectivity index (χ4v) is 5.77. The molecule has 1 N–H and O–H groups in total. The zero-order valence-corrected chi connectivity index (χ0v) is 18.4. The second-order valence-corrected chi connectivity index (χ2v) is 10.2. The first-order valence-corrected chi connectivity index (χ1v) is 12.0. The number of sulfonamides is 1. The van der Waals surface area contributed by atoms with Gasteiger partial charge in [-0.05, 0) is 62.1 Å². The summed E-state index contributed by atoms with van der Waals surface area (Å²) in [6, 6.07) is 13.0. The lowest BCUT2D eigenvalue weighted by atomic mass is 9.87. The molecule has 2 aromatic carbocycles. The second kappa shape index (κ2) is 8.49. The highest BCUT2D eigenvalue weighted by atomic mass is 32.2. The van der Waals surface area contributed by atoms with Gasteiger partial charge in [0.2, 0.25) is 10.0 Å². The molecule has 1 heterocycles. The third kappa shape index (κ3) is 4.15. The average molecular weight is 428 g/mol. The monoisotopic (exact) mass is 427 g/mol. The van der Waals surface area contributed by atoms with Crippen LogP contribution in [0.5, 0.6) is 0 Å². The highest BCUT2D eigenvalue weighted by molar-refractivity contribution is 7.89. The van der Waals surface area contributed by atoms with Crippen LogP contribution in [0.25, 0.3) is 0 Å². The van der Waals surface area contributed by atoms with Crippen LogP contribution in [0.4, 0.5) is 0 Å². The van der Waals surface area contributed by atoms with E-state index >= 15 is 0 Å². The van der Waals surface area contributed by atoms with E-state index in [1.807, 2.05) is 26.1 Å². The predicted molar refractivity (Wildman–Crippen MR) is 117 cm³/mol. The third-order valence-corrected chi connectivity index (χ3v) is 8.12. The van der Waals surface area contributed by atoms with Crippen LogP contribution in [0.1, 0.15) is 45.9 Å². The van der Waals surface area contributed by atoms with Gasteiger partial charge in [-0.2, -0.15) is 4.31 Å². The first-order valence-electron chi connectivity index (χ1n) is 10.5. The second-order valence-electron chi connectivity index (χ2n) is 8.30. The number of aryl methyl sites for hydroxylation is 2. The number of piperazine rings is 1. The van der Waals surface area contributed by atoms with Crippen molar-refractivity contribution in [1.82, 2.24) is 14.5 Å². The molecule has 1 aliphatic heterocycles. The Morgan fingerprint density at radius 1 is 1.07 bits per heavy atom. The molecule has 160 valence electrons. The van der Waals surface area contributed by atoms with Crippen molar-refractivity contribution in [1.29, 1.82) is 0 Å². The summed E-state index contributed by atoms with van der Waals surface area (Å²) < 4.78 is 27.7. The van der Waals surface area contributed by atoms with Gasteiger partial charge in [0.25, 0.3) is 5.91 Å². The van der Waals surface area contributed by atoms with Crippen LogP contribution >= 0.6 is 0 Å². The normalized spacial score (nSPS) is 20.5. The molecule has 4 rings (SSSR count). The number of carbonyl (C=O) groups is 1. The lowest BCUT2D eigenvalue weighted by Gasteiger charge is -2.31. The van der Waals surface area contributed by atoms with Gasteiger partial charge in [-0.1, -0.05) is 30.3 Å². The Morgan fingerprint density at radius 2 is 1.80 bits per heavy atom. The molecule has 1 atom stereocenters. The summed E-state index contributed by atoms with van der Waals surface area (Å²) in [7, 11) is -1.63. The number of rotatable bonds is 4. The number of hydrogen-bond acceptors (Lipinski definition) is 4. The Kier molecular flexibility index (Phi) is 5.95. The zero-order chi connectivity index (χ0) is 21.3. The summed E-state index contributed by atoms with van der Waals surface area (Å²) in [5, 5.41) is 3.14. The van der Waals surface area contributed by atoms with E-state index in [0.29, 0.717) is 31.7 Å². The topological polar surface area (TPSA) is 69.7 Å². The number of fused-ring (bicyclic) bond motifs is 1. The van der Waals surface area contributed by atoms with Gasteiger partial charge in [0.15, 0.2) is 0 Å². The SMILES string of the molecule is Cc1ccc(S(=O)(=O)N2CCN(C)CC2)cc1C(=O)N[C@H]1CCCc2ccccc21. The van der Waals surface area contributed by atoms with E-state index in [4.69, 9.17) is 0 Å². The van der Waals surface area contributed by atoms with Crippen LogP contribution in [-0.2, 0) is 16.4 Å². The number of nitrogens with zero attached hydrogens (tertiary/aromatic N) is 2. The first kappa shape index (κ1) is 21.0. The Morgan fingerprint density at radius 3 is 2.57 bits per heavy atom. The van der Waals surface area contributed by atoms with Crippen LogP contribution < -0.4 is 5.32 Å². The maximum Gasteiger partial charge on any atom is 0.252 e. The summed E-state index contributed by atoms with van der Waals surface area (Å²) in [6.45, 7) is 4.19. The lowest BCUT2D eigenvalue weighted by Crippen LogP contribution is -2.47. The van der Waals surface area contributed by atoms with Crippen LogP contribution in [0.15, 0.2) is 47.4 Å². The van der Waals surface area contributed by atoms with E-state index in [9.17, 15) is 13.2 Å². The standard InChI is InChI=1S/C23H29N3O3S/c1-17-10-11-19(30(28,29)26-14-12-25(2)13-15-26)16-21(17)23(27)24-22-9-5-7-18-6-3-4-8-20(18)22/h3-4,6,8,10-11,16,22H,5,7,9,12-15H2,1-2H3,(H,24,27)/t22-/m0/s1. The zero-order valence-electron chi connectivity index (χ0n) is 17.6. The molecule has 0 spiro atoms. The van der Waals surface area contributed by atoms with Crippen LogP contribution in [0.2, 0.25) is 0 Å². The maximum absolute atomic E-state index is 13.1. The van der Waals surface area contributed by atoms with Crippen molar-refractivity contribution < 1.29 is 13.2 Å². The molecule has 30 heavy (non-hydrogen) atoms. The smallest absolute Gasteiger partial charge is 0.252 e. The molecule has 0 saturated carbocycles. The molecule has 2 aliphatic rings. The van der Waals surface area contributed by atoms with Crippen LogP contribution in [0, 0.1) is 6.92 Å². The molecule has 0 bridgehead atoms. The molecule has 1 fully saturated rings. The summed E-state index contributed by atoms with van der Waals surface area (Å²) in [5.41, 5.74) is 3.63.